The third-order valence-electron chi connectivity index (χ3n) is 5.74. The number of hydrogen-bond acceptors (Lipinski definition) is 4. The molecular weight excluding hydrogens is 613 g/mol. The van der Waals surface area contributed by atoms with Crippen LogP contribution in [0.2, 0.25) is 10.0 Å². The lowest BCUT2D eigenvalue weighted by molar-refractivity contribution is -0.140. The fraction of sp³-hybridized carbons (Fsp3) is 0.259. The zero-order valence-electron chi connectivity index (χ0n) is 20.9. The van der Waals surface area contributed by atoms with Crippen LogP contribution in [0.1, 0.15) is 18.1 Å². The fourth-order valence-corrected chi connectivity index (χ4v) is 5.71. The zero-order valence-corrected chi connectivity index (χ0v) is 24.8. The first-order valence-electron chi connectivity index (χ1n) is 11.8. The second-order valence-corrected chi connectivity index (χ2v) is 12.2. The van der Waals surface area contributed by atoms with Crippen molar-refractivity contribution < 1.29 is 18.0 Å². The second kappa shape index (κ2) is 13.5. The summed E-state index contributed by atoms with van der Waals surface area (Å²) < 4.78 is 27.4. The molecule has 0 radical (unpaired) electrons. The van der Waals surface area contributed by atoms with Gasteiger partial charge < -0.3 is 10.2 Å². The van der Waals surface area contributed by atoms with Gasteiger partial charge in [0.15, 0.2) is 0 Å². The Morgan fingerprint density at radius 2 is 1.63 bits per heavy atom. The van der Waals surface area contributed by atoms with Crippen molar-refractivity contribution in [1.82, 2.24) is 10.2 Å². The molecule has 0 aliphatic heterocycles. The molecule has 38 heavy (non-hydrogen) atoms. The number of sulfonamides is 1. The van der Waals surface area contributed by atoms with E-state index in [0.29, 0.717) is 6.54 Å². The molecule has 0 saturated carbocycles. The number of rotatable bonds is 11. The van der Waals surface area contributed by atoms with Gasteiger partial charge in [0.25, 0.3) is 0 Å². The number of amides is 2. The molecule has 0 fully saturated rings. The number of likely N-dealkylation sites (N-methyl/N-ethyl adjacent to an activating group) is 1. The van der Waals surface area contributed by atoms with Crippen LogP contribution in [0.25, 0.3) is 0 Å². The first-order chi connectivity index (χ1) is 18.0. The van der Waals surface area contributed by atoms with Crippen molar-refractivity contribution in [2.45, 2.75) is 25.9 Å². The Balaban J connectivity index is 2.07. The van der Waals surface area contributed by atoms with Crippen LogP contribution in [-0.2, 0) is 32.6 Å². The Bertz CT molecular complexity index is 1390. The van der Waals surface area contributed by atoms with E-state index < -0.39 is 28.5 Å². The summed E-state index contributed by atoms with van der Waals surface area (Å²) in [5.74, 6) is -0.912. The van der Waals surface area contributed by atoms with Gasteiger partial charge in [-0.25, -0.2) is 8.42 Å². The van der Waals surface area contributed by atoms with E-state index in [1.54, 1.807) is 13.0 Å². The van der Waals surface area contributed by atoms with Gasteiger partial charge in [-0.05, 0) is 42.3 Å². The monoisotopic (exact) mass is 639 g/mol. The topological polar surface area (TPSA) is 86.8 Å². The lowest BCUT2D eigenvalue weighted by Gasteiger charge is -2.33. The number of anilines is 1. The van der Waals surface area contributed by atoms with Gasteiger partial charge in [0.2, 0.25) is 21.8 Å². The normalized spacial score (nSPS) is 12.0. The summed E-state index contributed by atoms with van der Waals surface area (Å²) in [6, 6.07) is 20.4. The van der Waals surface area contributed by atoms with E-state index in [1.165, 1.54) is 17.0 Å². The van der Waals surface area contributed by atoms with E-state index in [1.807, 2.05) is 54.6 Å². The van der Waals surface area contributed by atoms with Crippen LogP contribution >= 0.6 is 39.1 Å². The number of halogens is 3. The fourth-order valence-electron chi connectivity index (χ4n) is 3.96. The molecule has 3 rings (SSSR count). The van der Waals surface area contributed by atoms with Gasteiger partial charge >= 0.3 is 0 Å². The molecule has 1 N–H and O–H groups in total. The summed E-state index contributed by atoms with van der Waals surface area (Å²) >= 11 is 15.9. The largest absolute Gasteiger partial charge is 0.355 e. The van der Waals surface area contributed by atoms with Crippen molar-refractivity contribution in [2.75, 3.05) is 23.7 Å². The van der Waals surface area contributed by atoms with Gasteiger partial charge in [0.1, 0.15) is 12.6 Å². The van der Waals surface area contributed by atoms with Gasteiger partial charge in [0.05, 0.1) is 22.0 Å². The molecule has 0 aliphatic carbocycles. The Labute approximate surface area is 241 Å². The number of nitrogens with zero attached hydrogens (tertiary/aromatic N) is 2. The van der Waals surface area contributed by atoms with Crippen molar-refractivity contribution in [3.63, 3.8) is 0 Å². The lowest BCUT2D eigenvalue weighted by atomic mass is 10.0. The molecule has 0 aromatic heterocycles. The Morgan fingerprint density at radius 1 is 0.974 bits per heavy atom. The summed E-state index contributed by atoms with van der Waals surface area (Å²) in [6.07, 6.45) is 1.23. The zero-order chi connectivity index (χ0) is 27.9. The average Bonchev–Trinajstić information content (AvgIpc) is 2.86. The summed E-state index contributed by atoms with van der Waals surface area (Å²) in [4.78, 5) is 28.7. The minimum Gasteiger partial charge on any atom is -0.355 e. The molecule has 1 unspecified atom stereocenters. The third-order valence-corrected chi connectivity index (χ3v) is 8.17. The van der Waals surface area contributed by atoms with Crippen molar-refractivity contribution in [3.8, 4) is 0 Å². The van der Waals surface area contributed by atoms with Crippen LogP contribution < -0.4 is 9.62 Å². The van der Waals surface area contributed by atoms with Crippen LogP contribution in [-0.4, -0.2) is 50.5 Å². The molecule has 0 heterocycles. The average molecular weight is 641 g/mol. The van der Waals surface area contributed by atoms with Crippen LogP contribution in [0.5, 0.6) is 0 Å². The maximum absolute atomic E-state index is 14.0. The Morgan fingerprint density at radius 3 is 2.26 bits per heavy atom. The molecule has 3 aromatic rings. The summed E-state index contributed by atoms with van der Waals surface area (Å²) in [5.41, 5.74) is 1.70. The summed E-state index contributed by atoms with van der Waals surface area (Å²) in [6.45, 7) is 1.67. The molecule has 0 saturated heterocycles. The highest BCUT2D eigenvalue weighted by atomic mass is 79.9. The van der Waals surface area contributed by atoms with E-state index in [0.717, 1.165) is 26.2 Å². The molecule has 0 spiro atoms. The molecule has 2 amide bonds. The summed E-state index contributed by atoms with van der Waals surface area (Å²) in [7, 11) is -3.95. The van der Waals surface area contributed by atoms with Gasteiger partial charge in [-0.1, -0.05) is 87.7 Å². The van der Waals surface area contributed by atoms with E-state index in [2.05, 4.69) is 21.2 Å². The van der Waals surface area contributed by atoms with Gasteiger partial charge in [-0.2, -0.15) is 0 Å². The molecule has 11 heteroatoms. The van der Waals surface area contributed by atoms with Gasteiger partial charge in [0, 0.05) is 24.0 Å². The maximum atomic E-state index is 14.0. The van der Waals surface area contributed by atoms with E-state index in [9.17, 15) is 18.0 Å². The molecule has 0 aliphatic rings. The molecule has 3 aromatic carbocycles. The molecule has 7 nitrogen and oxygen atoms in total. The molecule has 202 valence electrons. The van der Waals surface area contributed by atoms with Gasteiger partial charge in [-0.15, -0.1) is 0 Å². The minimum atomic E-state index is -3.95. The van der Waals surface area contributed by atoms with Gasteiger partial charge in [-0.3, -0.25) is 13.9 Å². The molecular formula is C27H28BrCl2N3O4S. The quantitative estimate of drug-likeness (QED) is 0.308. The SMILES string of the molecule is CCNC(=O)C(Cc1ccccc1)N(Cc1cccc(Br)c1)C(=O)CN(c1cccc(Cl)c1Cl)S(C)(=O)=O. The van der Waals surface area contributed by atoms with Crippen LogP contribution in [0.4, 0.5) is 5.69 Å². The molecule has 0 bridgehead atoms. The van der Waals surface area contributed by atoms with Crippen molar-refractivity contribution in [1.29, 1.82) is 0 Å². The highest BCUT2D eigenvalue weighted by Crippen LogP contribution is 2.34. The van der Waals surface area contributed by atoms with Crippen LogP contribution in [0.15, 0.2) is 77.3 Å². The highest BCUT2D eigenvalue weighted by molar-refractivity contribution is 9.10. The number of carbonyl (C=O) groups is 2. The van der Waals surface area contributed by atoms with Crippen molar-refractivity contribution >= 4 is 66.7 Å². The van der Waals surface area contributed by atoms with E-state index in [4.69, 9.17) is 23.2 Å². The second-order valence-electron chi connectivity index (χ2n) is 8.59. The van der Waals surface area contributed by atoms with Crippen molar-refractivity contribution in [2.24, 2.45) is 0 Å². The predicted molar refractivity (Wildman–Crippen MR) is 156 cm³/mol. The Kier molecular flexibility index (Phi) is 10.6. The highest BCUT2D eigenvalue weighted by Gasteiger charge is 2.33. The van der Waals surface area contributed by atoms with Crippen molar-refractivity contribution in [3.05, 3.63) is 98.4 Å². The maximum Gasteiger partial charge on any atom is 0.244 e. The van der Waals surface area contributed by atoms with Crippen LogP contribution in [0, 0.1) is 0 Å². The number of carbonyl (C=O) groups excluding carboxylic acids is 2. The first kappa shape index (κ1) is 30.0. The van der Waals surface area contributed by atoms with E-state index in [-0.39, 0.29) is 34.6 Å². The number of nitrogens with one attached hydrogen (secondary N) is 1. The van der Waals surface area contributed by atoms with E-state index >= 15 is 0 Å². The third kappa shape index (κ3) is 7.96. The first-order valence-corrected chi connectivity index (χ1v) is 15.2. The summed E-state index contributed by atoms with van der Waals surface area (Å²) in [5, 5.41) is 2.98. The number of benzene rings is 3. The number of hydrogen-bond donors (Lipinski definition) is 1. The smallest absolute Gasteiger partial charge is 0.244 e. The standard InChI is InChI=1S/C27H28BrCl2N3O4S/c1-3-31-27(35)24(16-19-9-5-4-6-10-19)32(17-20-11-7-12-21(28)15-20)25(34)18-33(38(2,36)37)23-14-8-13-22(29)26(23)30/h4-15,24H,3,16-18H2,1-2H3,(H,31,35). The lowest BCUT2D eigenvalue weighted by Crippen LogP contribution is -2.53. The Hall–Kier alpha value is -2.59. The minimum absolute atomic E-state index is 0.00972. The predicted octanol–water partition coefficient (Wildman–Crippen LogP) is 5.30. The van der Waals surface area contributed by atoms with Crippen LogP contribution in [0.3, 0.4) is 0 Å². The molecule has 1 atom stereocenters.